The number of nitrogens with zero attached hydrogens (tertiary/aromatic N) is 3. The summed E-state index contributed by atoms with van der Waals surface area (Å²) in [4.78, 5) is 4.53. The van der Waals surface area contributed by atoms with Gasteiger partial charge in [-0.1, -0.05) is 0 Å². The highest BCUT2D eigenvalue weighted by Gasteiger charge is 2.19. The predicted octanol–water partition coefficient (Wildman–Crippen LogP) is 1.22. The Hall–Kier alpha value is -1.27. The van der Waals surface area contributed by atoms with Gasteiger partial charge in [0.25, 0.3) is 0 Å². The quantitative estimate of drug-likeness (QED) is 0.818. The summed E-state index contributed by atoms with van der Waals surface area (Å²) in [5.41, 5.74) is 1.96. The van der Waals surface area contributed by atoms with Crippen molar-refractivity contribution in [3.05, 3.63) is 17.3 Å². The lowest BCUT2D eigenvalue weighted by Crippen LogP contribution is -2.19. The molecule has 0 unspecified atom stereocenters. The highest BCUT2D eigenvalue weighted by atomic mass is 32.1. The van der Waals surface area contributed by atoms with Gasteiger partial charge in [0.1, 0.15) is 10.7 Å². The van der Waals surface area contributed by atoms with Crippen molar-refractivity contribution in [2.75, 3.05) is 6.54 Å². The molecule has 2 aromatic heterocycles. The molecular formula is C10H13N5S. The van der Waals surface area contributed by atoms with Crippen LogP contribution in [0.15, 0.2) is 11.6 Å². The van der Waals surface area contributed by atoms with Crippen LogP contribution in [0, 0.1) is 0 Å². The van der Waals surface area contributed by atoms with Gasteiger partial charge in [0, 0.05) is 24.4 Å². The van der Waals surface area contributed by atoms with Gasteiger partial charge in [0.2, 0.25) is 0 Å². The molecule has 16 heavy (non-hydrogen) atoms. The Balaban J connectivity index is 1.59. The van der Waals surface area contributed by atoms with Crippen molar-refractivity contribution in [3.8, 4) is 10.7 Å². The Bertz CT molecular complexity index is 445. The first-order chi connectivity index (χ1) is 7.92. The lowest BCUT2D eigenvalue weighted by molar-refractivity contribution is 0.677. The minimum absolute atomic E-state index is 0.772. The smallest absolute Gasteiger partial charge is 0.145 e. The summed E-state index contributed by atoms with van der Waals surface area (Å²) in [5, 5.41) is 16.9. The third kappa shape index (κ3) is 2.28. The standard InChI is InChI=1S/C10H13N5S/c1-2-7(1)11-4-3-8-6-16-10(13-8)9-5-12-15-14-9/h5-7,11H,1-4H2,(H,12,14,15). The lowest BCUT2D eigenvalue weighted by atomic mass is 10.3. The maximum atomic E-state index is 4.53. The topological polar surface area (TPSA) is 66.5 Å². The summed E-state index contributed by atoms with van der Waals surface area (Å²) in [6.07, 6.45) is 5.36. The number of hydrogen-bond acceptors (Lipinski definition) is 5. The van der Waals surface area contributed by atoms with Crippen LogP contribution in [0.1, 0.15) is 18.5 Å². The van der Waals surface area contributed by atoms with E-state index in [0.717, 1.165) is 35.4 Å². The van der Waals surface area contributed by atoms with E-state index in [1.807, 2.05) is 0 Å². The Labute approximate surface area is 97.3 Å². The molecular weight excluding hydrogens is 222 g/mol. The number of H-pyrrole nitrogens is 1. The van der Waals surface area contributed by atoms with Crippen LogP contribution in [0.4, 0.5) is 0 Å². The number of nitrogens with one attached hydrogen (secondary N) is 2. The lowest BCUT2D eigenvalue weighted by Gasteiger charge is -1.98. The molecule has 2 aromatic rings. The molecule has 0 radical (unpaired) electrons. The minimum atomic E-state index is 0.772. The first-order valence-corrected chi connectivity index (χ1v) is 6.34. The van der Waals surface area contributed by atoms with E-state index in [9.17, 15) is 0 Å². The molecule has 1 fully saturated rings. The average molecular weight is 235 g/mol. The van der Waals surface area contributed by atoms with Gasteiger partial charge in [-0.3, -0.25) is 0 Å². The molecule has 5 nitrogen and oxygen atoms in total. The Morgan fingerprint density at radius 2 is 2.44 bits per heavy atom. The van der Waals surface area contributed by atoms with Crippen molar-refractivity contribution in [3.63, 3.8) is 0 Å². The first kappa shape index (κ1) is 9.92. The van der Waals surface area contributed by atoms with Gasteiger partial charge < -0.3 is 5.32 Å². The summed E-state index contributed by atoms with van der Waals surface area (Å²) in [6.45, 7) is 1.02. The van der Waals surface area contributed by atoms with Crippen LogP contribution in [0.5, 0.6) is 0 Å². The zero-order valence-electron chi connectivity index (χ0n) is 8.81. The summed E-state index contributed by atoms with van der Waals surface area (Å²) >= 11 is 1.62. The van der Waals surface area contributed by atoms with Gasteiger partial charge >= 0.3 is 0 Å². The van der Waals surface area contributed by atoms with E-state index >= 15 is 0 Å². The van der Waals surface area contributed by atoms with Gasteiger partial charge in [-0.15, -0.1) is 11.3 Å². The highest BCUT2D eigenvalue weighted by Crippen LogP contribution is 2.21. The molecule has 2 N–H and O–H groups in total. The Morgan fingerprint density at radius 3 is 3.19 bits per heavy atom. The van der Waals surface area contributed by atoms with Crippen molar-refractivity contribution < 1.29 is 0 Å². The van der Waals surface area contributed by atoms with E-state index in [-0.39, 0.29) is 0 Å². The minimum Gasteiger partial charge on any atom is -0.314 e. The van der Waals surface area contributed by atoms with Crippen molar-refractivity contribution in [1.29, 1.82) is 0 Å². The molecule has 0 amide bonds. The van der Waals surface area contributed by atoms with E-state index in [1.54, 1.807) is 17.5 Å². The van der Waals surface area contributed by atoms with Crippen LogP contribution in [-0.2, 0) is 6.42 Å². The zero-order chi connectivity index (χ0) is 10.8. The molecule has 0 spiro atoms. The fourth-order valence-corrected chi connectivity index (χ4v) is 2.34. The summed E-state index contributed by atoms with van der Waals surface area (Å²) in [6, 6.07) is 0.772. The molecule has 0 aromatic carbocycles. The normalized spacial score (nSPS) is 15.5. The molecule has 84 valence electrons. The summed E-state index contributed by atoms with van der Waals surface area (Å²) < 4.78 is 0. The zero-order valence-corrected chi connectivity index (χ0v) is 9.63. The third-order valence-electron chi connectivity index (χ3n) is 2.58. The maximum Gasteiger partial charge on any atom is 0.145 e. The largest absolute Gasteiger partial charge is 0.314 e. The molecule has 0 saturated heterocycles. The second-order valence-electron chi connectivity index (χ2n) is 3.98. The fourth-order valence-electron chi connectivity index (χ4n) is 1.54. The van der Waals surface area contributed by atoms with Crippen molar-refractivity contribution in [2.24, 2.45) is 0 Å². The van der Waals surface area contributed by atoms with Crippen LogP contribution < -0.4 is 5.32 Å². The van der Waals surface area contributed by atoms with Gasteiger partial charge in [-0.05, 0) is 12.8 Å². The molecule has 1 aliphatic carbocycles. The third-order valence-corrected chi connectivity index (χ3v) is 3.49. The van der Waals surface area contributed by atoms with E-state index in [0.29, 0.717) is 0 Å². The molecule has 0 aliphatic heterocycles. The number of hydrogen-bond donors (Lipinski definition) is 2. The summed E-state index contributed by atoms with van der Waals surface area (Å²) in [5.74, 6) is 0. The van der Waals surface area contributed by atoms with Crippen LogP contribution in [0.3, 0.4) is 0 Å². The fraction of sp³-hybridized carbons (Fsp3) is 0.500. The van der Waals surface area contributed by atoms with E-state index < -0.39 is 0 Å². The van der Waals surface area contributed by atoms with E-state index in [2.05, 4.69) is 31.1 Å². The van der Waals surface area contributed by atoms with E-state index in [4.69, 9.17) is 0 Å². The van der Waals surface area contributed by atoms with Gasteiger partial charge in [0.15, 0.2) is 0 Å². The molecule has 6 heteroatoms. The molecule has 3 rings (SSSR count). The highest BCUT2D eigenvalue weighted by molar-refractivity contribution is 7.13. The second kappa shape index (κ2) is 4.31. The molecule has 1 aliphatic rings. The summed E-state index contributed by atoms with van der Waals surface area (Å²) in [7, 11) is 0. The number of aromatic nitrogens is 4. The second-order valence-corrected chi connectivity index (χ2v) is 4.84. The van der Waals surface area contributed by atoms with Gasteiger partial charge in [0.05, 0.1) is 11.9 Å². The molecule has 0 atom stereocenters. The van der Waals surface area contributed by atoms with Gasteiger partial charge in [-0.2, -0.15) is 15.4 Å². The van der Waals surface area contributed by atoms with Crippen LogP contribution in [-0.4, -0.2) is 33.0 Å². The number of thiazole rings is 1. The monoisotopic (exact) mass is 235 g/mol. The SMILES string of the molecule is c1sc(-c2cn[nH]n2)nc1CCNC1CC1. The number of rotatable bonds is 5. The van der Waals surface area contributed by atoms with Crippen LogP contribution >= 0.6 is 11.3 Å². The molecule has 1 saturated carbocycles. The van der Waals surface area contributed by atoms with Crippen molar-refractivity contribution in [1.82, 2.24) is 25.7 Å². The van der Waals surface area contributed by atoms with Crippen molar-refractivity contribution >= 4 is 11.3 Å². The average Bonchev–Trinajstić information content (AvgIpc) is 2.83. The predicted molar refractivity (Wildman–Crippen MR) is 62.2 cm³/mol. The number of aromatic amines is 1. The van der Waals surface area contributed by atoms with Crippen LogP contribution in [0.25, 0.3) is 10.7 Å². The van der Waals surface area contributed by atoms with Gasteiger partial charge in [-0.25, -0.2) is 4.98 Å². The first-order valence-electron chi connectivity index (χ1n) is 5.46. The molecule has 0 bridgehead atoms. The van der Waals surface area contributed by atoms with E-state index in [1.165, 1.54) is 12.8 Å². The van der Waals surface area contributed by atoms with Crippen molar-refractivity contribution in [2.45, 2.75) is 25.3 Å². The molecule has 2 heterocycles. The Kier molecular flexibility index (Phi) is 2.67. The maximum absolute atomic E-state index is 4.53. The Morgan fingerprint density at radius 1 is 1.50 bits per heavy atom. The van der Waals surface area contributed by atoms with Crippen LogP contribution in [0.2, 0.25) is 0 Å².